The normalized spacial score (nSPS) is 27.4. The van der Waals surface area contributed by atoms with Crippen molar-refractivity contribution in [1.82, 2.24) is 0 Å². The van der Waals surface area contributed by atoms with Crippen molar-refractivity contribution in [1.29, 1.82) is 0 Å². The average molecular weight is 230 g/mol. The van der Waals surface area contributed by atoms with E-state index in [1.54, 1.807) is 0 Å². The molecule has 0 atom stereocenters. The number of aliphatic hydroxyl groups excluding tert-OH is 2. The minimum atomic E-state index is -0.392. The molecule has 0 aromatic carbocycles. The van der Waals surface area contributed by atoms with E-state index in [0.717, 1.165) is 18.8 Å². The zero-order valence-corrected chi connectivity index (χ0v) is 10.8. The molecule has 0 heterocycles. The summed E-state index contributed by atoms with van der Waals surface area (Å²) in [4.78, 5) is 0. The second-order valence-electron chi connectivity index (χ2n) is 5.96. The molecule has 1 rings (SSSR count). The summed E-state index contributed by atoms with van der Waals surface area (Å²) in [6.45, 7) is 6.71. The van der Waals surface area contributed by atoms with Crippen molar-refractivity contribution in [3.05, 3.63) is 0 Å². The molecular weight excluding hydrogens is 204 g/mol. The Bertz CT molecular complexity index is 186. The van der Waals surface area contributed by atoms with Gasteiger partial charge in [-0.15, -0.1) is 0 Å². The molecule has 0 aromatic rings. The number of aliphatic hydroxyl groups is 2. The molecule has 2 N–H and O–H groups in total. The van der Waals surface area contributed by atoms with Crippen LogP contribution in [0.5, 0.6) is 0 Å². The van der Waals surface area contributed by atoms with E-state index >= 15 is 0 Å². The third-order valence-electron chi connectivity index (χ3n) is 3.69. The van der Waals surface area contributed by atoms with Gasteiger partial charge in [0.15, 0.2) is 0 Å². The lowest BCUT2D eigenvalue weighted by atomic mass is 9.72. The van der Waals surface area contributed by atoms with Crippen LogP contribution in [-0.2, 0) is 4.74 Å². The van der Waals surface area contributed by atoms with Crippen LogP contribution in [0, 0.1) is 11.3 Å². The first-order chi connectivity index (χ1) is 7.47. The lowest BCUT2D eigenvalue weighted by Gasteiger charge is -2.37. The van der Waals surface area contributed by atoms with Gasteiger partial charge in [-0.1, -0.05) is 20.8 Å². The molecule has 1 aliphatic rings. The van der Waals surface area contributed by atoms with E-state index < -0.39 is 6.10 Å². The first-order valence-electron chi connectivity index (χ1n) is 6.34. The zero-order chi connectivity index (χ0) is 12.2. The van der Waals surface area contributed by atoms with Crippen molar-refractivity contribution in [2.75, 3.05) is 13.2 Å². The van der Waals surface area contributed by atoms with Crippen LogP contribution in [0.3, 0.4) is 0 Å². The third-order valence-corrected chi connectivity index (χ3v) is 3.69. The molecule has 16 heavy (non-hydrogen) atoms. The molecule has 1 fully saturated rings. The molecule has 0 unspecified atom stereocenters. The Balaban J connectivity index is 2.32. The Morgan fingerprint density at radius 1 is 1.06 bits per heavy atom. The molecule has 1 saturated carbocycles. The molecule has 3 nitrogen and oxygen atoms in total. The van der Waals surface area contributed by atoms with Gasteiger partial charge in [0, 0.05) is 0 Å². The highest BCUT2D eigenvalue weighted by Crippen LogP contribution is 2.38. The number of rotatable bonds is 4. The van der Waals surface area contributed by atoms with E-state index in [9.17, 15) is 0 Å². The summed E-state index contributed by atoms with van der Waals surface area (Å²) in [5.41, 5.74) is 0.387. The number of hydrogen-bond acceptors (Lipinski definition) is 3. The van der Waals surface area contributed by atoms with Gasteiger partial charge in [0.1, 0.15) is 6.10 Å². The van der Waals surface area contributed by atoms with Gasteiger partial charge in [0.05, 0.1) is 19.3 Å². The van der Waals surface area contributed by atoms with Crippen molar-refractivity contribution in [3.8, 4) is 0 Å². The summed E-state index contributed by atoms with van der Waals surface area (Å²) in [5.74, 6) is 0.772. The monoisotopic (exact) mass is 230 g/mol. The number of ether oxygens (including phenoxy) is 1. The maximum absolute atomic E-state index is 8.95. The number of hydrogen-bond donors (Lipinski definition) is 2. The maximum atomic E-state index is 8.95. The first kappa shape index (κ1) is 13.9. The van der Waals surface area contributed by atoms with E-state index in [2.05, 4.69) is 20.8 Å². The summed E-state index contributed by atoms with van der Waals surface area (Å²) in [7, 11) is 0. The standard InChI is InChI=1S/C13H26O3/c1-13(2,3)10-4-6-11(7-5-10)16-12(8-14)9-15/h10-12,14-15H,4-9H2,1-3H3. The molecule has 0 spiro atoms. The maximum Gasteiger partial charge on any atom is 0.104 e. The fraction of sp³-hybridized carbons (Fsp3) is 1.00. The Morgan fingerprint density at radius 3 is 1.94 bits per heavy atom. The lowest BCUT2D eigenvalue weighted by molar-refractivity contribution is -0.0828. The van der Waals surface area contributed by atoms with Crippen LogP contribution >= 0.6 is 0 Å². The molecule has 3 heteroatoms. The van der Waals surface area contributed by atoms with Gasteiger partial charge >= 0.3 is 0 Å². The smallest absolute Gasteiger partial charge is 0.104 e. The first-order valence-corrected chi connectivity index (χ1v) is 6.34. The van der Waals surface area contributed by atoms with Gasteiger partial charge in [-0.2, -0.15) is 0 Å². The van der Waals surface area contributed by atoms with Crippen LogP contribution in [0.2, 0.25) is 0 Å². The largest absolute Gasteiger partial charge is 0.394 e. The van der Waals surface area contributed by atoms with Gasteiger partial charge in [-0.3, -0.25) is 0 Å². The van der Waals surface area contributed by atoms with E-state index in [1.807, 2.05) is 0 Å². The predicted molar refractivity (Wildman–Crippen MR) is 64.2 cm³/mol. The van der Waals surface area contributed by atoms with Crippen molar-refractivity contribution in [2.45, 2.75) is 58.7 Å². The minimum Gasteiger partial charge on any atom is -0.394 e. The van der Waals surface area contributed by atoms with E-state index in [4.69, 9.17) is 14.9 Å². The SMILES string of the molecule is CC(C)(C)C1CCC(OC(CO)CO)CC1. The second kappa shape index (κ2) is 5.99. The van der Waals surface area contributed by atoms with Crippen LogP contribution in [0.25, 0.3) is 0 Å². The second-order valence-corrected chi connectivity index (χ2v) is 5.96. The predicted octanol–water partition coefficient (Wildman–Crippen LogP) is 1.96. The summed E-state index contributed by atoms with van der Waals surface area (Å²) in [6, 6.07) is 0. The Morgan fingerprint density at radius 2 is 1.56 bits per heavy atom. The summed E-state index contributed by atoms with van der Waals surface area (Å²) < 4.78 is 5.65. The van der Waals surface area contributed by atoms with E-state index in [0.29, 0.717) is 5.41 Å². The highest BCUT2D eigenvalue weighted by atomic mass is 16.5. The molecule has 1 aliphatic carbocycles. The third kappa shape index (κ3) is 4.04. The van der Waals surface area contributed by atoms with Gasteiger partial charge in [0.25, 0.3) is 0 Å². The highest BCUT2D eigenvalue weighted by Gasteiger charge is 2.30. The minimum absolute atomic E-state index is 0.0876. The van der Waals surface area contributed by atoms with Gasteiger partial charge in [0.2, 0.25) is 0 Å². The van der Waals surface area contributed by atoms with Crippen molar-refractivity contribution in [3.63, 3.8) is 0 Å². The Labute approximate surface area is 98.8 Å². The molecule has 0 saturated heterocycles. The fourth-order valence-electron chi connectivity index (χ4n) is 2.48. The molecule has 0 radical (unpaired) electrons. The Hall–Kier alpha value is -0.120. The van der Waals surface area contributed by atoms with Crippen LogP contribution < -0.4 is 0 Å². The average Bonchev–Trinajstić information content (AvgIpc) is 2.25. The van der Waals surface area contributed by atoms with Gasteiger partial charge < -0.3 is 14.9 Å². The van der Waals surface area contributed by atoms with Crippen molar-refractivity contribution in [2.24, 2.45) is 11.3 Å². The zero-order valence-electron chi connectivity index (χ0n) is 10.8. The van der Waals surface area contributed by atoms with Gasteiger partial charge in [-0.25, -0.2) is 0 Å². The van der Waals surface area contributed by atoms with Crippen molar-refractivity contribution >= 4 is 0 Å². The van der Waals surface area contributed by atoms with Crippen LogP contribution in [-0.4, -0.2) is 35.6 Å². The highest BCUT2D eigenvalue weighted by molar-refractivity contribution is 4.81. The van der Waals surface area contributed by atoms with Gasteiger partial charge in [-0.05, 0) is 37.0 Å². The molecule has 0 aromatic heterocycles. The molecule has 0 amide bonds. The van der Waals surface area contributed by atoms with Crippen LogP contribution in [0.4, 0.5) is 0 Å². The fourth-order valence-corrected chi connectivity index (χ4v) is 2.48. The summed E-state index contributed by atoms with van der Waals surface area (Å²) >= 11 is 0. The molecule has 0 aliphatic heterocycles. The molecule has 96 valence electrons. The van der Waals surface area contributed by atoms with Crippen LogP contribution in [0.15, 0.2) is 0 Å². The Kier molecular flexibility index (Phi) is 5.22. The van der Waals surface area contributed by atoms with E-state index in [1.165, 1.54) is 12.8 Å². The lowest BCUT2D eigenvalue weighted by Crippen LogP contribution is -2.33. The van der Waals surface area contributed by atoms with Crippen LogP contribution in [0.1, 0.15) is 46.5 Å². The summed E-state index contributed by atoms with van der Waals surface area (Å²) in [6.07, 6.45) is 4.32. The molecule has 0 bridgehead atoms. The van der Waals surface area contributed by atoms with Crippen molar-refractivity contribution < 1.29 is 14.9 Å². The topological polar surface area (TPSA) is 49.7 Å². The molecular formula is C13H26O3. The summed E-state index contributed by atoms with van der Waals surface area (Å²) in [5, 5.41) is 17.9. The quantitative estimate of drug-likeness (QED) is 0.776. The van der Waals surface area contributed by atoms with E-state index in [-0.39, 0.29) is 19.3 Å².